The van der Waals surface area contributed by atoms with E-state index in [1.54, 1.807) is 0 Å². The van der Waals surface area contributed by atoms with Gasteiger partial charge in [0.25, 0.3) is 0 Å². The van der Waals surface area contributed by atoms with Gasteiger partial charge >= 0.3 is 0 Å². The summed E-state index contributed by atoms with van der Waals surface area (Å²) in [4.78, 5) is 3.36. The number of rotatable bonds is 4. The van der Waals surface area contributed by atoms with Gasteiger partial charge in [0.1, 0.15) is 0 Å². The lowest BCUT2D eigenvalue weighted by Gasteiger charge is -2.11. The summed E-state index contributed by atoms with van der Waals surface area (Å²) in [5.41, 5.74) is 9.51. The van der Waals surface area contributed by atoms with Gasteiger partial charge in [-0.05, 0) is 24.0 Å². The second kappa shape index (κ2) is 5.12. The highest BCUT2D eigenvalue weighted by Crippen LogP contribution is 2.23. The minimum atomic E-state index is 0.591. The fraction of sp³-hybridized carbons (Fsp3) is 0.467. The lowest BCUT2D eigenvalue weighted by atomic mass is 10.1. The number of benzene rings is 1. The molecule has 3 heteroatoms. The SMILES string of the molecule is NCc1cccc2c(CNC3CCCC3)c[nH]c12. The molecule has 0 atom stereocenters. The number of para-hydroxylation sites is 1. The molecule has 1 aromatic carbocycles. The number of aromatic amines is 1. The molecule has 0 spiro atoms. The van der Waals surface area contributed by atoms with Gasteiger partial charge in [0.15, 0.2) is 0 Å². The number of hydrogen-bond donors (Lipinski definition) is 3. The first-order valence-corrected chi connectivity index (χ1v) is 6.90. The highest BCUT2D eigenvalue weighted by atomic mass is 14.9. The second-order valence-corrected chi connectivity index (χ2v) is 5.22. The summed E-state index contributed by atoms with van der Waals surface area (Å²) >= 11 is 0. The molecular weight excluding hydrogens is 222 g/mol. The zero-order valence-corrected chi connectivity index (χ0v) is 10.7. The van der Waals surface area contributed by atoms with Gasteiger partial charge in [-0.1, -0.05) is 31.0 Å². The summed E-state index contributed by atoms with van der Waals surface area (Å²) < 4.78 is 0. The Morgan fingerprint density at radius 2 is 2.06 bits per heavy atom. The Bertz CT molecular complexity index is 524. The molecule has 0 aliphatic heterocycles. The van der Waals surface area contributed by atoms with Crippen LogP contribution in [0.3, 0.4) is 0 Å². The van der Waals surface area contributed by atoms with Crippen molar-refractivity contribution in [2.45, 2.75) is 44.8 Å². The Morgan fingerprint density at radius 3 is 2.83 bits per heavy atom. The Labute approximate surface area is 108 Å². The van der Waals surface area contributed by atoms with Crippen LogP contribution < -0.4 is 11.1 Å². The number of H-pyrrole nitrogens is 1. The van der Waals surface area contributed by atoms with E-state index in [1.807, 2.05) is 0 Å². The van der Waals surface area contributed by atoms with Gasteiger partial charge in [0, 0.05) is 30.7 Å². The zero-order chi connectivity index (χ0) is 12.4. The lowest BCUT2D eigenvalue weighted by Crippen LogP contribution is -2.25. The van der Waals surface area contributed by atoms with Gasteiger partial charge in [-0.3, -0.25) is 0 Å². The van der Waals surface area contributed by atoms with Crippen molar-refractivity contribution in [2.24, 2.45) is 5.73 Å². The largest absolute Gasteiger partial charge is 0.361 e. The van der Waals surface area contributed by atoms with Crippen LogP contribution in [0.4, 0.5) is 0 Å². The summed E-state index contributed by atoms with van der Waals surface area (Å²) in [6.07, 6.45) is 7.53. The summed E-state index contributed by atoms with van der Waals surface area (Å²) in [5, 5.41) is 4.97. The molecule has 96 valence electrons. The summed E-state index contributed by atoms with van der Waals surface area (Å²) in [6.45, 7) is 1.55. The molecule has 1 aliphatic carbocycles. The van der Waals surface area contributed by atoms with Crippen LogP contribution in [0.1, 0.15) is 36.8 Å². The van der Waals surface area contributed by atoms with Crippen LogP contribution in [0.15, 0.2) is 24.4 Å². The molecule has 0 bridgehead atoms. The summed E-state index contributed by atoms with van der Waals surface area (Å²) in [5.74, 6) is 0. The molecule has 0 unspecified atom stereocenters. The summed E-state index contributed by atoms with van der Waals surface area (Å²) in [7, 11) is 0. The molecule has 0 radical (unpaired) electrons. The number of fused-ring (bicyclic) bond motifs is 1. The molecule has 4 N–H and O–H groups in total. The van der Waals surface area contributed by atoms with E-state index in [1.165, 1.54) is 47.7 Å². The average Bonchev–Trinajstić information content (AvgIpc) is 3.05. The first kappa shape index (κ1) is 11.8. The van der Waals surface area contributed by atoms with Gasteiger partial charge in [-0.2, -0.15) is 0 Å². The molecular formula is C15H21N3. The third-order valence-electron chi connectivity index (χ3n) is 4.04. The molecule has 0 saturated heterocycles. The number of hydrogen-bond acceptors (Lipinski definition) is 2. The first-order valence-electron chi connectivity index (χ1n) is 6.90. The maximum absolute atomic E-state index is 5.76. The standard InChI is InChI=1S/C15H21N3/c16-8-11-4-3-7-14-12(10-18-15(11)14)9-17-13-5-1-2-6-13/h3-4,7,10,13,17-18H,1-2,5-6,8-9,16H2. The number of aromatic nitrogens is 1. The minimum Gasteiger partial charge on any atom is -0.361 e. The van der Waals surface area contributed by atoms with Crippen LogP contribution in [0.25, 0.3) is 10.9 Å². The zero-order valence-electron chi connectivity index (χ0n) is 10.7. The maximum atomic E-state index is 5.76. The van der Waals surface area contributed by atoms with Crippen LogP contribution in [0.2, 0.25) is 0 Å². The topological polar surface area (TPSA) is 53.8 Å². The quantitative estimate of drug-likeness (QED) is 0.773. The van der Waals surface area contributed by atoms with Gasteiger partial charge in [0.05, 0.1) is 5.52 Å². The predicted molar refractivity (Wildman–Crippen MR) is 75.3 cm³/mol. The molecule has 18 heavy (non-hydrogen) atoms. The van der Waals surface area contributed by atoms with E-state index in [9.17, 15) is 0 Å². The van der Waals surface area contributed by atoms with Crippen molar-refractivity contribution in [3.05, 3.63) is 35.5 Å². The van der Waals surface area contributed by atoms with E-state index in [2.05, 4.69) is 34.7 Å². The lowest BCUT2D eigenvalue weighted by molar-refractivity contribution is 0.525. The van der Waals surface area contributed by atoms with E-state index in [-0.39, 0.29) is 0 Å². The molecule has 1 aliphatic rings. The third kappa shape index (κ3) is 2.16. The molecule has 0 amide bonds. The van der Waals surface area contributed by atoms with Crippen LogP contribution >= 0.6 is 0 Å². The van der Waals surface area contributed by atoms with Gasteiger partial charge < -0.3 is 16.0 Å². The van der Waals surface area contributed by atoms with Gasteiger partial charge in [0.2, 0.25) is 0 Å². The molecule has 1 saturated carbocycles. The molecule has 1 aromatic heterocycles. The van der Waals surface area contributed by atoms with Crippen molar-refractivity contribution >= 4 is 10.9 Å². The van der Waals surface area contributed by atoms with Gasteiger partial charge in [-0.25, -0.2) is 0 Å². The minimum absolute atomic E-state index is 0.591. The van der Waals surface area contributed by atoms with E-state index in [0.717, 1.165) is 6.54 Å². The predicted octanol–water partition coefficient (Wildman–Crippen LogP) is 2.66. The summed E-state index contributed by atoms with van der Waals surface area (Å²) in [6, 6.07) is 7.08. The second-order valence-electron chi connectivity index (χ2n) is 5.22. The maximum Gasteiger partial charge on any atom is 0.0502 e. The van der Waals surface area contributed by atoms with Crippen LogP contribution in [-0.4, -0.2) is 11.0 Å². The number of nitrogens with two attached hydrogens (primary N) is 1. The highest BCUT2D eigenvalue weighted by Gasteiger charge is 2.14. The Hall–Kier alpha value is -1.32. The molecule has 3 nitrogen and oxygen atoms in total. The Balaban J connectivity index is 1.79. The molecule has 3 rings (SSSR count). The normalized spacial score (nSPS) is 16.7. The van der Waals surface area contributed by atoms with Crippen molar-refractivity contribution in [1.29, 1.82) is 0 Å². The fourth-order valence-electron chi connectivity index (χ4n) is 2.98. The monoisotopic (exact) mass is 243 g/mol. The van der Waals surface area contributed by atoms with E-state index in [4.69, 9.17) is 5.73 Å². The first-order chi connectivity index (χ1) is 8.88. The number of nitrogens with one attached hydrogen (secondary N) is 2. The Kier molecular flexibility index (Phi) is 3.35. The van der Waals surface area contributed by atoms with Gasteiger partial charge in [-0.15, -0.1) is 0 Å². The van der Waals surface area contributed by atoms with Crippen molar-refractivity contribution in [1.82, 2.24) is 10.3 Å². The van der Waals surface area contributed by atoms with E-state index >= 15 is 0 Å². The highest BCUT2D eigenvalue weighted by molar-refractivity contribution is 5.86. The van der Waals surface area contributed by atoms with Crippen LogP contribution in [0.5, 0.6) is 0 Å². The Morgan fingerprint density at radius 1 is 1.22 bits per heavy atom. The molecule has 2 aromatic rings. The molecule has 1 heterocycles. The average molecular weight is 243 g/mol. The van der Waals surface area contributed by atoms with Crippen LogP contribution in [-0.2, 0) is 13.1 Å². The van der Waals surface area contributed by atoms with Crippen molar-refractivity contribution in [2.75, 3.05) is 0 Å². The van der Waals surface area contributed by atoms with Crippen molar-refractivity contribution in [3.8, 4) is 0 Å². The van der Waals surface area contributed by atoms with Crippen LogP contribution in [0, 0.1) is 0 Å². The van der Waals surface area contributed by atoms with Crippen molar-refractivity contribution < 1.29 is 0 Å². The fourth-order valence-corrected chi connectivity index (χ4v) is 2.98. The van der Waals surface area contributed by atoms with E-state index < -0.39 is 0 Å². The smallest absolute Gasteiger partial charge is 0.0502 e. The molecule has 1 fully saturated rings. The van der Waals surface area contributed by atoms with E-state index in [0.29, 0.717) is 12.6 Å². The third-order valence-corrected chi connectivity index (χ3v) is 4.04. The van der Waals surface area contributed by atoms with Crippen molar-refractivity contribution in [3.63, 3.8) is 0 Å².